The molecule has 10 bridgehead atoms. The number of Topliss-reactive ketones (excluding diaryl/α,β-unsaturated/α-hetero) is 1. The van der Waals surface area contributed by atoms with Crippen LogP contribution in [0.4, 0.5) is 0 Å². The molecule has 5 heteroatoms. The number of hydrogen-bond donors (Lipinski definition) is 2. The first-order valence-electron chi connectivity index (χ1n) is 10.5. The first-order chi connectivity index (χ1) is 15.2. The van der Waals surface area contributed by atoms with E-state index in [0.29, 0.717) is 6.42 Å². The predicted octanol–water partition coefficient (Wildman–Crippen LogP) is 5.17. The number of carbonyl (C=O) groups is 1. The first-order valence-corrected chi connectivity index (χ1v) is 10.5. The van der Waals surface area contributed by atoms with Gasteiger partial charge in [0.05, 0.1) is 28.7 Å². The SMILES string of the molecule is O=C1CC2C=CC1C1=C2c2cc3ccc(cc4ccc(cc5nc(cc1n2)C=C5)[nH]4)[nH]3. The van der Waals surface area contributed by atoms with Crippen LogP contribution in [-0.4, -0.2) is 25.7 Å². The van der Waals surface area contributed by atoms with Crippen molar-refractivity contribution in [1.29, 1.82) is 0 Å². The minimum atomic E-state index is -0.200. The summed E-state index contributed by atoms with van der Waals surface area (Å²) in [5.74, 6) is 0.182. The van der Waals surface area contributed by atoms with Crippen molar-refractivity contribution in [3.63, 3.8) is 0 Å². The van der Waals surface area contributed by atoms with Gasteiger partial charge in [-0.15, -0.1) is 0 Å². The molecule has 0 saturated carbocycles. The quantitative estimate of drug-likeness (QED) is 0.399. The van der Waals surface area contributed by atoms with Crippen LogP contribution in [0.2, 0.25) is 0 Å². The van der Waals surface area contributed by atoms with E-state index in [9.17, 15) is 4.79 Å². The van der Waals surface area contributed by atoms with Crippen LogP contribution in [0.1, 0.15) is 29.2 Å². The number of hydrogen-bond acceptors (Lipinski definition) is 3. The van der Waals surface area contributed by atoms with E-state index in [0.717, 1.165) is 50.4 Å². The molecule has 5 heterocycles. The zero-order valence-corrected chi connectivity index (χ0v) is 16.6. The number of aromatic amines is 2. The number of nitrogens with zero attached hydrogens (tertiary/aromatic N) is 2. The van der Waals surface area contributed by atoms with Crippen LogP contribution in [0, 0.1) is 11.8 Å². The van der Waals surface area contributed by atoms with Crippen LogP contribution >= 0.6 is 0 Å². The molecule has 0 fully saturated rings. The molecule has 0 saturated heterocycles. The standard InChI is InChI=1S/C26H18N4O/c31-24-9-14-1-8-21(24)26-23-13-20-7-5-18(29-20)11-16-3-2-15(27-16)10-17-4-6-19(28-17)12-22(30-23)25(14)26/h1-8,10-14,21,27-28H,9H2. The molecule has 2 N–H and O–H groups in total. The Morgan fingerprint density at radius 3 is 2.10 bits per heavy atom. The van der Waals surface area contributed by atoms with E-state index < -0.39 is 0 Å². The molecule has 2 aliphatic heterocycles. The van der Waals surface area contributed by atoms with Crippen molar-refractivity contribution in [1.82, 2.24) is 19.9 Å². The lowest BCUT2D eigenvalue weighted by Crippen LogP contribution is -2.27. The van der Waals surface area contributed by atoms with Gasteiger partial charge < -0.3 is 9.97 Å². The molecule has 3 aromatic heterocycles. The maximum absolute atomic E-state index is 12.6. The molecule has 8 rings (SSSR count). The molecule has 148 valence electrons. The van der Waals surface area contributed by atoms with E-state index in [-0.39, 0.29) is 17.6 Å². The van der Waals surface area contributed by atoms with Crippen molar-refractivity contribution in [3.8, 4) is 0 Å². The molecular formula is C26H18N4O. The van der Waals surface area contributed by atoms with Crippen LogP contribution < -0.4 is 0 Å². The Kier molecular flexibility index (Phi) is 3.25. The first kappa shape index (κ1) is 16.8. The van der Waals surface area contributed by atoms with Gasteiger partial charge >= 0.3 is 0 Å². The molecule has 0 spiro atoms. The molecular weight excluding hydrogens is 384 g/mol. The second-order valence-electron chi connectivity index (χ2n) is 8.46. The van der Waals surface area contributed by atoms with E-state index >= 15 is 0 Å². The average molecular weight is 402 g/mol. The number of aromatic nitrogens is 4. The van der Waals surface area contributed by atoms with Gasteiger partial charge in [-0.05, 0) is 71.8 Å². The maximum Gasteiger partial charge on any atom is 0.145 e. The molecule has 3 aliphatic carbocycles. The highest BCUT2D eigenvalue weighted by Crippen LogP contribution is 2.49. The normalized spacial score (nSPS) is 21.1. The number of rotatable bonds is 0. The summed E-state index contributed by atoms with van der Waals surface area (Å²) in [5.41, 5.74) is 9.81. The Bertz CT molecular complexity index is 1550. The number of H-pyrrole nitrogens is 2. The van der Waals surface area contributed by atoms with Crippen molar-refractivity contribution in [2.75, 3.05) is 0 Å². The van der Waals surface area contributed by atoms with Crippen LogP contribution in [0.3, 0.4) is 0 Å². The summed E-state index contributed by atoms with van der Waals surface area (Å²) < 4.78 is 0. The third-order valence-corrected chi connectivity index (χ3v) is 6.41. The number of nitrogens with one attached hydrogen (secondary N) is 2. The third kappa shape index (κ3) is 2.60. The fraction of sp³-hybridized carbons (Fsp3) is 0.115. The van der Waals surface area contributed by atoms with Crippen LogP contribution in [0.15, 0.2) is 60.7 Å². The zero-order valence-electron chi connectivity index (χ0n) is 16.6. The molecule has 0 amide bonds. The summed E-state index contributed by atoms with van der Waals surface area (Å²) in [7, 11) is 0. The van der Waals surface area contributed by atoms with E-state index in [2.05, 4.69) is 46.4 Å². The van der Waals surface area contributed by atoms with Gasteiger partial charge in [0.25, 0.3) is 0 Å². The molecule has 0 aromatic carbocycles. The molecule has 2 atom stereocenters. The summed E-state index contributed by atoms with van der Waals surface area (Å²) in [4.78, 5) is 29.3. The zero-order chi connectivity index (χ0) is 20.5. The highest BCUT2D eigenvalue weighted by molar-refractivity contribution is 6.10. The highest BCUT2D eigenvalue weighted by Gasteiger charge is 2.41. The summed E-state index contributed by atoms with van der Waals surface area (Å²) in [6, 6.07) is 16.5. The summed E-state index contributed by atoms with van der Waals surface area (Å²) in [6.07, 6.45) is 8.78. The van der Waals surface area contributed by atoms with Gasteiger partial charge in [0.2, 0.25) is 0 Å². The van der Waals surface area contributed by atoms with Gasteiger partial charge in [-0.3, -0.25) is 4.79 Å². The Hall–Kier alpha value is -3.99. The molecule has 0 radical (unpaired) electrons. The lowest BCUT2D eigenvalue weighted by atomic mass is 9.70. The van der Waals surface area contributed by atoms with Crippen LogP contribution in [0.25, 0.3) is 45.4 Å². The van der Waals surface area contributed by atoms with E-state index in [1.807, 2.05) is 36.4 Å². The largest absolute Gasteiger partial charge is 0.355 e. The topological polar surface area (TPSA) is 74.4 Å². The molecule has 5 aliphatic rings. The van der Waals surface area contributed by atoms with Gasteiger partial charge in [0.1, 0.15) is 5.78 Å². The number of ketones is 1. The van der Waals surface area contributed by atoms with Gasteiger partial charge in [-0.25, -0.2) is 9.97 Å². The van der Waals surface area contributed by atoms with Crippen molar-refractivity contribution in [3.05, 3.63) is 83.5 Å². The van der Waals surface area contributed by atoms with Crippen molar-refractivity contribution in [2.45, 2.75) is 6.42 Å². The van der Waals surface area contributed by atoms with Gasteiger partial charge in [-0.2, -0.15) is 0 Å². The molecule has 3 aromatic rings. The van der Waals surface area contributed by atoms with E-state index in [4.69, 9.17) is 9.97 Å². The van der Waals surface area contributed by atoms with Crippen molar-refractivity contribution >= 4 is 51.1 Å². The predicted molar refractivity (Wildman–Crippen MR) is 122 cm³/mol. The average Bonchev–Trinajstić information content (AvgIpc) is 3.53. The molecule has 31 heavy (non-hydrogen) atoms. The fourth-order valence-corrected chi connectivity index (χ4v) is 5.05. The summed E-state index contributed by atoms with van der Waals surface area (Å²) in [5, 5.41) is 0. The van der Waals surface area contributed by atoms with Gasteiger partial charge in [-0.1, -0.05) is 12.2 Å². The minimum absolute atomic E-state index is 0.102. The van der Waals surface area contributed by atoms with E-state index in [1.54, 1.807) is 0 Å². The number of fused-ring (bicyclic) bond motifs is 9. The second kappa shape index (κ2) is 6.01. The summed E-state index contributed by atoms with van der Waals surface area (Å²) >= 11 is 0. The lowest BCUT2D eigenvalue weighted by molar-refractivity contribution is -0.121. The molecule has 5 nitrogen and oxygen atoms in total. The summed E-state index contributed by atoms with van der Waals surface area (Å²) in [6.45, 7) is 0. The monoisotopic (exact) mass is 402 g/mol. The second-order valence-corrected chi connectivity index (χ2v) is 8.46. The van der Waals surface area contributed by atoms with E-state index in [1.165, 1.54) is 5.57 Å². The lowest BCUT2D eigenvalue weighted by Gasteiger charge is -2.31. The maximum atomic E-state index is 12.6. The fourth-order valence-electron chi connectivity index (χ4n) is 5.05. The minimum Gasteiger partial charge on any atom is -0.355 e. The Labute approximate surface area is 177 Å². The van der Waals surface area contributed by atoms with Crippen LogP contribution in [0.5, 0.6) is 0 Å². The van der Waals surface area contributed by atoms with Gasteiger partial charge in [0.15, 0.2) is 0 Å². The molecule has 2 unspecified atom stereocenters. The highest BCUT2D eigenvalue weighted by atomic mass is 16.1. The Morgan fingerprint density at radius 2 is 1.35 bits per heavy atom. The van der Waals surface area contributed by atoms with Crippen LogP contribution in [-0.2, 0) is 4.79 Å². The Morgan fingerprint density at radius 1 is 0.710 bits per heavy atom. The number of allylic oxidation sites excluding steroid dienone is 4. The van der Waals surface area contributed by atoms with Crippen molar-refractivity contribution in [2.24, 2.45) is 11.8 Å². The smallest absolute Gasteiger partial charge is 0.145 e. The van der Waals surface area contributed by atoms with Gasteiger partial charge in [0, 0.05) is 34.4 Å². The number of carbonyl (C=O) groups excluding carboxylic acids is 1. The Balaban J connectivity index is 1.57. The van der Waals surface area contributed by atoms with Crippen molar-refractivity contribution < 1.29 is 4.79 Å². The third-order valence-electron chi connectivity index (χ3n) is 6.41.